The normalized spacial score (nSPS) is 14.2. The Balaban J connectivity index is 0.000000174. The van der Waals surface area contributed by atoms with Gasteiger partial charge in [0.25, 0.3) is 5.56 Å². The molecule has 0 spiro atoms. The van der Waals surface area contributed by atoms with Crippen molar-refractivity contribution in [3.05, 3.63) is 82.0 Å². The lowest BCUT2D eigenvalue weighted by atomic mass is 10.1. The molecule has 1 fully saturated rings. The Morgan fingerprint density at radius 3 is 2.75 bits per heavy atom. The lowest BCUT2D eigenvalue weighted by Gasteiger charge is -2.25. The first-order valence-corrected chi connectivity index (χ1v) is 11.1. The second-order valence-electron chi connectivity index (χ2n) is 8.22. The van der Waals surface area contributed by atoms with Gasteiger partial charge in [-0.25, -0.2) is 4.98 Å². The second kappa shape index (κ2) is 10.2. The average molecular weight is 432 g/mol. The smallest absolute Gasteiger partial charge is 0.258 e. The van der Waals surface area contributed by atoms with Gasteiger partial charge in [-0.1, -0.05) is 24.6 Å². The summed E-state index contributed by atoms with van der Waals surface area (Å²) >= 11 is 0. The van der Waals surface area contributed by atoms with Crippen LogP contribution in [0.1, 0.15) is 36.2 Å². The van der Waals surface area contributed by atoms with Crippen LogP contribution in [-0.4, -0.2) is 38.8 Å². The molecule has 32 heavy (non-hydrogen) atoms. The number of hydrogen-bond acceptors (Lipinski definition) is 4. The monoisotopic (exact) mass is 431 g/mol. The number of pyridine rings is 1. The fourth-order valence-corrected chi connectivity index (χ4v) is 4.12. The number of amides is 1. The van der Waals surface area contributed by atoms with Crippen molar-refractivity contribution in [2.75, 3.05) is 13.1 Å². The standard InChI is InChI=1S/C16H21N3O.C9H8N2O/c20-12-17-10-13-4-5-14-9-15(18-16(14)8-13)11-19-6-2-1-3-7-19;1-7-6-9(12)11-5-3-2-4-8(11)10-7/h4-5,8-9,12,18H,1-3,6-7,10-11H2,(H,17,20);2-6H,1H3. The van der Waals surface area contributed by atoms with Crippen LogP contribution >= 0.6 is 0 Å². The molecule has 0 bridgehead atoms. The van der Waals surface area contributed by atoms with E-state index in [1.54, 1.807) is 6.20 Å². The van der Waals surface area contributed by atoms with Crippen molar-refractivity contribution in [1.29, 1.82) is 0 Å². The molecule has 1 amide bonds. The van der Waals surface area contributed by atoms with E-state index in [0.29, 0.717) is 12.2 Å². The summed E-state index contributed by atoms with van der Waals surface area (Å²) in [5, 5.41) is 3.94. The van der Waals surface area contributed by atoms with Gasteiger partial charge in [-0.3, -0.25) is 18.9 Å². The van der Waals surface area contributed by atoms with Crippen LogP contribution < -0.4 is 10.9 Å². The second-order valence-corrected chi connectivity index (χ2v) is 8.22. The van der Waals surface area contributed by atoms with Gasteiger partial charge in [0.15, 0.2) is 0 Å². The van der Waals surface area contributed by atoms with E-state index in [9.17, 15) is 9.59 Å². The molecule has 1 saturated heterocycles. The molecule has 5 rings (SSSR count). The predicted molar refractivity (Wildman–Crippen MR) is 127 cm³/mol. The molecular formula is C25H29N5O2. The van der Waals surface area contributed by atoms with E-state index in [1.807, 2.05) is 25.1 Å². The number of aryl methyl sites for hydroxylation is 1. The van der Waals surface area contributed by atoms with Gasteiger partial charge in [0.2, 0.25) is 6.41 Å². The van der Waals surface area contributed by atoms with Gasteiger partial charge in [-0.15, -0.1) is 0 Å². The van der Waals surface area contributed by atoms with Gasteiger partial charge in [0, 0.05) is 42.3 Å². The van der Waals surface area contributed by atoms with E-state index in [1.165, 1.54) is 53.9 Å². The SMILES string of the molecule is Cc1cc(=O)n2ccccc2n1.O=CNCc1ccc2cc(CN3CCCCC3)[nH]c2c1. The Kier molecular flexibility index (Phi) is 6.97. The molecule has 166 valence electrons. The molecule has 0 aliphatic carbocycles. The third-order valence-corrected chi connectivity index (χ3v) is 5.67. The number of fused-ring (bicyclic) bond motifs is 2. The molecule has 0 unspecified atom stereocenters. The number of hydrogen-bond donors (Lipinski definition) is 2. The minimum absolute atomic E-state index is 0.0295. The van der Waals surface area contributed by atoms with Gasteiger partial charge in [-0.05, 0) is 68.1 Å². The number of aromatic amines is 1. The van der Waals surface area contributed by atoms with Gasteiger partial charge in [-0.2, -0.15) is 0 Å². The van der Waals surface area contributed by atoms with Crippen LogP contribution in [0.25, 0.3) is 16.6 Å². The minimum atomic E-state index is -0.0295. The van der Waals surface area contributed by atoms with E-state index in [2.05, 4.69) is 44.5 Å². The van der Waals surface area contributed by atoms with Gasteiger partial charge < -0.3 is 10.3 Å². The van der Waals surface area contributed by atoms with Crippen molar-refractivity contribution in [2.24, 2.45) is 0 Å². The van der Waals surface area contributed by atoms with E-state index >= 15 is 0 Å². The number of aromatic nitrogens is 3. The molecule has 0 radical (unpaired) electrons. The van der Waals surface area contributed by atoms with Crippen LogP contribution in [0.2, 0.25) is 0 Å². The molecule has 2 N–H and O–H groups in total. The number of carbonyl (C=O) groups excluding carboxylic acids is 1. The first-order chi connectivity index (χ1) is 15.6. The maximum absolute atomic E-state index is 11.3. The van der Waals surface area contributed by atoms with Crippen LogP contribution in [0.4, 0.5) is 0 Å². The summed E-state index contributed by atoms with van der Waals surface area (Å²) < 4.78 is 1.52. The summed E-state index contributed by atoms with van der Waals surface area (Å²) in [7, 11) is 0. The Hall–Kier alpha value is -3.45. The lowest BCUT2D eigenvalue weighted by Crippen LogP contribution is -2.29. The van der Waals surface area contributed by atoms with E-state index < -0.39 is 0 Å². The zero-order valence-corrected chi connectivity index (χ0v) is 18.4. The third-order valence-electron chi connectivity index (χ3n) is 5.67. The number of nitrogens with zero attached hydrogens (tertiary/aromatic N) is 3. The summed E-state index contributed by atoms with van der Waals surface area (Å²) in [6.07, 6.45) is 6.46. The average Bonchev–Trinajstić information content (AvgIpc) is 3.20. The van der Waals surface area contributed by atoms with Crippen LogP contribution in [0.5, 0.6) is 0 Å². The molecule has 4 heterocycles. The summed E-state index contributed by atoms with van der Waals surface area (Å²) in [4.78, 5) is 31.9. The summed E-state index contributed by atoms with van der Waals surface area (Å²) in [6.45, 7) is 5.83. The predicted octanol–water partition coefficient (Wildman–Crippen LogP) is 3.40. The highest BCUT2D eigenvalue weighted by Gasteiger charge is 2.11. The maximum Gasteiger partial charge on any atom is 0.258 e. The molecule has 3 aromatic heterocycles. The Bertz CT molecular complexity index is 1250. The van der Waals surface area contributed by atoms with Gasteiger partial charge in [0.05, 0.1) is 0 Å². The van der Waals surface area contributed by atoms with Gasteiger partial charge >= 0.3 is 0 Å². The van der Waals surface area contributed by atoms with Crippen LogP contribution in [0.15, 0.2) is 59.5 Å². The fourth-order valence-electron chi connectivity index (χ4n) is 4.12. The molecule has 0 saturated carbocycles. The zero-order chi connectivity index (χ0) is 22.3. The first kappa shape index (κ1) is 21.8. The summed E-state index contributed by atoms with van der Waals surface area (Å²) in [5.74, 6) is 0. The van der Waals surface area contributed by atoms with Crippen molar-refractivity contribution in [2.45, 2.75) is 39.3 Å². The number of carbonyl (C=O) groups is 1. The van der Waals surface area contributed by atoms with Crippen LogP contribution in [0, 0.1) is 6.92 Å². The highest BCUT2D eigenvalue weighted by molar-refractivity contribution is 5.81. The molecule has 1 aliphatic rings. The van der Waals surface area contributed by atoms with Gasteiger partial charge in [0.1, 0.15) is 5.65 Å². The van der Waals surface area contributed by atoms with Crippen LogP contribution in [-0.2, 0) is 17.9 Å². The molecule has 7 heteroatoms. The van der Waals surface area contributed by atoms with Crippen molar-refractivity contribution in [1.82, 2.24) is 24.6 Å². The largest absolute Gasteiger partial charge is 0.357 e. The highest BCUT2D eigenvalue weighted by Crippen LogP contribution is 2.19. The fraction of sp³-hybridized carbons (Fsp3) is 0.320. The minimum Gasteiger partial charge on any atom is -0.357 e. The third kappa shape index (κ3) is 5.42. The van der Waals surface area contributed by atoms with E-state index in [0.717, 1.165) is 29.7 Å². The lowest BCUT2D eigenvalue weighted by molar-refractivity contribution is -0.109. The molecule has 0 atom stereocenters. The van der Waals surface area contributed by atoms with E-state index in [4.69, 9.17) is 0 Å². The number of rotatable bonds is 5. The molecule has 1 aliphatic heterocycles. The number of H-pyrrole nitrogens is 1. The van der Waals surface area contributed by atoms with Crippen LogP contribution in [0.3, 0.4) is 0 Å². The van der Waals surface area contributed by atoms with Crippen molar-refractivity contribution < 1.29 is 4.79 Å². The number of benzene rings is 1. The number of likely N-dealkylation sites (tertiary alicyclic amines) is 1. The summed E-state index contributed by atoms with van der Waals surface area (Å²) in [5.41, 5.74) is 4.98. The van der Waals surface area contributed by atoms with E-state index in [-0.39, 0.29) is 5.56 Å². The Morgan fingerprint density at radius 2 is 1.94 bits per heavy atom. The number of nitrogens with one attached hydrogen (secondary N) is 2. The topological polar surface area (TPSA) is 82.5 Å². The van der Waals surface area contributed by atoms with Crippen molar-refractivity contribution in [3.63, 3.8) is 0 Å². The molecule has 4 aromatic rings. The quantitative estimate of drug-likeness (QED) is 0.475. The van der Waals surface area contributed by atoms with Crippen molar-refractivity contribution in [3.8, 4) is 0 Å². The first-order valence-electron chi connectivity index (χ1n) is 11.1. The molecule has 7 nitrogen and oxygen atoms in total. The number of piperidine rings is 1. The van der Waals surface area contributed by atoms with Crippen molar-refractivity contribution >= 4 is 23.0 Å². The highest BCUT2D eigenvalue weighted by atomic mass is 16.1. The molecular weight excluding hydrogens is 402 g/mol. The Morgan fingerprint density at radius 1 is 1.09 bits per heavy atom. The molecule has 1 aromatic carbocycles. The maximum atomic E-state index is 11.3. The zero-order valence-electron chi connectivity index (χ0n) is 18.4. The Labute approximate surface area is 187 Å². The summed E-state index contributed by atoms with van der Waals surface area (Å²) in [6, 6.07) is 15.5.